The third-order valence-corrected chi connectivity index (χ3v) is 3.39. The molecule has 3 nitrogen and oxygen atoms in total. The van der Waals surface area contributed by atoms with Crippen LogP contribution in [-0.4, -0.2) is 20.8 Å². The molecule has 0 spiro atoms. The van der Waals surface area contributed by atoms with Crippen LogP contribution in [0.4, 0.5) is 4.39 Å². The predicted molar refractivity (Wildman–Crippen MR) is 64.1 cm³/mol. The summed E-state index contributed by atoms with van der Waals surface area (Å²) in [5.41, 5.74) is 0.700. The first-order chi connectivity index (χ1) is 8.10. The first kappa shape index (κ1) is 12.2. The van der Waals surface area contributed by atoms with Crippen molar-refractivity contribution < 1.29 is 13.9 Å². The number of halogens is 1. The largest absolute Gasteiger partial charge is 0.496 e. The smallest absolute Gasteiger partial charge is 0.130 e. The van der Waals surface area contributed by atoms with Crippen molar-refractivity contribution in [3.05, 3.63) is 23.5 Å². The van der Waals surface area contributed by atoms with Crippen molar-refractivity contribution in [2.45, 2.75) is 25.3 Å². The van der Waals surface area contributed by atoms with E-state index in [4.69, 9.17) is 9.47 Å². The van der Waals surface area contributed by atoms with Gasteiger partial charge in [-0.2, -0.15) is 0 Å². The lowest BCUT2D eigenvalue weighted by Gasteiger charge is -2.28. The summed E-state index contributed by atoms with van der Waals surface area (Å²) in [6, 6.07) is 2.81. The van der Waals surface area contributed by atoms with Crippen LogP contribution in [-0.2, 0) is 5.54 Å². The average molecular weight is 239 g/mol. The number of methoxy groups -OCH3 is 2. The lowest BCUT2D eigenvalue weighted by Crippen LogP contribution is -2.34. The fourth-order valence-corrected chi connectivity index (χ4v) is 2.53. The van der Waals surface area contributed by atoms with Gasteiger partial charge in [0.05, 0.1) is 19.8 Å². The zero-order valence-corrected chi connectivity index (χ0v) is 10.5. The summed E-state index contributed by atoms with van der Waals surface area (Å²) in [7, 11) is 3.10. The summed E-state index contributed by atoms with van der Waals surface area (Å²) in [6.45, 7) is 3.05. The van der Waals surface area contributed by atoms with E-state index < -0.39 is 0 Å². The van der Waals surface area contributed by atoms with Gasteiger partial charge in [-0.3, -0.25) is 0 Å². The summed E-state index contributed by atoms with van der Waals surface area (Å²) >= 11 is 0. The molecule has 1 fully saturated rings. The molecule has 1 aliphatic heterocycles. The molecule has 1 atom stereocenters. The molecule has 1 aromatic rings. The van der Waals surface area contributed by atoms with Crippen LogP contribution in [0.2, 0.25) is 0 Å². The van der Waals surface area contributed by atoms with E-state index in [0.717, 1.165) is 24.9 Å². The van der Waals surface area contributed by atoms with Gasteiger partial charge in [0.15, 0.2) is 0 Å². The Morgan fingerprint density at radius 3 is 2.24 bits per heavy atom. The van der Waals surface area contributed by atoms with E-state index >= 15 is 0 Å². The summed E-state index contributed by atoms with van der Waals surface area (Å²) in [6.07, 6.45) is 2.09. The van der Waals surface area contributed by atoms with Crippen molar-refractivity contribution in [3.63, 3.8) is 0 Å². The quantitative estimate of drug-likeness (QED) is 0.878. The van der Waals surface area contributed by atoms with Crippen molar-refractivity contribution in [3.8, 4) is 11.5 Å². The Balaban J connectivity index is 2.57. The van der Waals surface area contributed by atoms with Crippen LogP contribution in [0.25, 0.3) is 0 Å². The van der Waals surface area contributed by atoms with Gasteiger partial charge in [-0.15, -0.1) is 0 Å². The first-order valence-electron chi connectivity index (χ1n) is 5.78. The Morgan fingerprint density at radius 2 is 1.82 bits per heavy atom. The topological polar surface area (TPSA) is 30.5 Å². The Kier molecular flexibility index (Phi) is 3.24. The summed E-state index contributed by atoms with van der Waals surface area (Å²) in [5.74, 6) is 0.738. The van der Waals surface area contributed by atoms with Gasteiger partial charge in [0.1, 0.15) is 17.3 Å². The van der Waals surface area contributed by atoms with Gasteiger partial charge in [0.25, 0.3) is 0 Å². The fraction of sp³-hybridized carbons (Fsp3) is 0.538. The minimum Gasteiger partial charge on any atom is -0.496 e. The van der Waals surface area contributed by atoms with Gasteiger partial charge in [-0.25, -0.2) is 4.39 Å². The van der Waals surface area contributed by atoms with E-state index in [0.29, 0.717) is 11.5 Å². The predicted octanol–water partition coefficient (Wildman–Crippen LogP) is 2.44. The van der Waals surface area contributed by atoms with Crippen molar-refractivity contribution in [2.24, 2.45) is 0 Å². The van der Waals surface area contributed by atoms with Crippen LogP contribution >= 0.6 is 0 Å². The Labute approximate surface area is 101 Å². The number of benzene rings is 1. The molecule has 94 valence electrons. The Hall–Kier alpha value is -1.29. The molecule has 1 aliphatic rings. The molecular weight excluding hydrogens is 221 g/mol. The molecule has 0 aliphatic carbocycles. The van der Waals surface area contributed by atoms with E-state index in [9.17, 15) is 4.39 Å². The molecule has 1 unspecified atom stereocenters. The lowest BCUT2D eigenvalue weighted by atomic mass is 9.89. The second kappa shape index (κ2) is 4.53. The van der Waals surface area contributed by atoms with Gasteiger partial charge in [-0.1, -0.05) is 0 Å². The molecule has 0 bridgehead atoms. The fourth-order valence-electron chi connectivity index (χ4n) is 2.53. The molecule has 1 heterocycles. The zero-order valence-electron chi connectivity index (χ0n) is 10.5. The Bertz CT molecular complexity index is 389. The molecule has 1 saturated heterocycles. The van der Waals surface area contributed by atoms with Crippen LogP contribution < -0.4 is 14.8 Å². The monoisotopic (exact) mass is 239 g/mol. The minimum atomic E-state index is -0.343. The second-order valence-corrected chi connectivity index (χ2v) is 4.55. The number of hydrogen-bond donors (Lipinski definition) is 1. The number of ether oxygens (including phenoxy) is 2. The molecule has 1 aromatic carbocycles. The normalized spacial score (nSPS) is 23.8. The highest BCUT2D eigenvalue weighted by Crippen LogP contribution is 2.42. The second-order valence-electron chi connectivity index (χ2n) is 4.55. The van der Waals surface area contributed by atoms with E-state index in [2.05, 4.69) is 12.2 Å². The van der Waals surface area contributed by atoms with Crippen LogP contribution in [0.3, 0.4) is 0 Å². The molecular formula is C13H18FNO2. The molecule has 17 heavy (non-hydrogen) atoms. The standard InChI is InChI=1S/C13H18FNO2/c1-13(5-4-6-15-13)12-10(16-2)7-9(14)8-11(12)17-3/h7-8,15H,4-6H2,1-3H3. The van der Waals surface area contributed by atoms with E-state index in [1.54, 1.807) is 14.2 Å². The van der Waals surface area contributed by atoms with Crippen molar-refractivity contribution >= 4 is 0 Å². The van der Waals surface area contributed by atoms with E-state index in [1.807, 2.05) is 0 Å². The molecule has 0 aromatic heterocycles. The van der Waals surface area contributed by atoms with E-state index in [-0.39, 0.29) is 11.4 Å². The number of hydrogen-bond acceptors (Lipinski definition) is 3. The van der Waals surface area contributed by atoms with Crippen LogP contribution in [0.15, 0.2) is 12.1 Å². The zero-order chi connectivity index (χ0) is 12.5. The van der Waals surface area contributed by atoms with Gasteiger partial charge < -0.3 is 14.8 Å². The molecule has 4 heteroatoms. The lowest BCUT2D eigenvalue weighted by molar-refractivity contribution is 0.337. The molecule has 0 saturated carbocycles. The highest BCUT2D eigenvalue weighted by molar-refractivity contribution is 5.50. The summed E-state index contributed by atoms with van der Waals surface area (Å²) in [4.78, 5) is 0. The molecule has 2 rings (SSSR count). The highest BCUT2D eigenvalue weighted by Gasteiger charge is 2.36. The first-order valence-corrected chi connectivity index (χ1v) is 5.78. The van der Waals surface area contributed by atoms with Crippen LogP contribution in [0, 0.1) is 5.82 Å². The molecule has 1 N–H and O–H groups in total. The highest BCUT2D eigenvalue weighted by atomic mass is 19.1. The van der Waals surface area contributed by atoms with Crippen LogP contribution in [0.1, 0.15) is 25.3 Å². The number of rotatable bonds is 3. The Morgan fingerprint density at radius 1 is 1.24 bits per heavy atom. The van der Waals surface area contributed by atoms with Crippen LogP contribution in [0.5, 0.6) is 11.5 Å². The maximum absolute atomic E-state index is 13.4. The summed E-state index contributed by atoms with van der Waals surface area (Å²) in [5, 5.41) is 3.44. The minimum absolute atomic E-state index is 0.204. The summed E-state index contributed by atoms with van der Waals surface area (Å²) < 4.78 is 24.0. The average Bonchev–Trinajstić information content (AvgIpc) is 2.75. The third kappa shape index (κ3) is 2.09. The van der Waals surface area contributed by atoms with E-state index in [1.165, 1.54) is 12.1 Å². The SMILES string of the molecule is COc1cc(F)cc(OC)c1C1(C)CCCN1. The van der Waals surface area contributed by atoms with Crippen molar-refractivity contribution in [2.75, 3.05) is 20.8 Å². The molecule has 0 radical (unpaired) electrons. The van der Waals surface area contributed by atoms with Gasteiger partial charge >= 0.3 is 0 Å². The van der Waals surface area contributed by atoms with Gasteiger partial charge in [0.2, 0.25) is 0 Å². The van der Waals surface area contributed by atoms with Gasteiger partial charge in [-0.05, 0) is 26.3 Å². The van der Waals surface area contributed by atoms with Crippen molar-refractivity contribution in [1.29, 1.82) is 0 Å². The van der Waals surface area contributed by atoms with Gasteiger partial charge in [0, 0.05) is 17.7 Å². The maximum Gasteiger partial charge on any atom is 0.130 e. The van der Waals surface area contributed by atoms with Crippen molar-refractivity contribution in [1.82, 2.24) is 5.32 Å². The molecule has 0 amide bonds. The number of nitrogens with one attached hydrogen (secondary N) is 1. The maximum atomic E-state index is 13.4. The third-order valence-electron chi connectivity index (χ3n) is 3.39.